The minimum absolute atomic E-state index is 0.00313. The van der Waals surface area contributed by atoms with Gasteiger partial charge in [0.05, 0.1) is 25.4 Å². The van der Waals surface area contributed by atoms with Gasteiger partial charge in [0.15, 0.2) is 0 Å². The van der Waals surface area contributed by atoms with Gasteiger partial charge >= 0.3 is 5.97 Å². The molecule has 0 rings (SSSR count). The molecule has 0 aliphatic rings. The standard InChI is InChI=1S/C66H125NO5/c1-3-5-7-9-11-13-14-36-40-44-48-52-56-60-66(71)72-61-57-53-49-45-41-38-35-33-31-29-27-25-23-21-19-17-15-16-18-20-22-24-26-28-30-32-34-37-39-43-47-51-55-59-65(70)67-63(62-68)64(69)58-54-50-46-42-12-10-8-6-4-2/h7,9,13-14,19,21,63-64,68-69H,3-6,8,10-12,15-18,20,22-62H2,1-2H3,(H,67,70)/b9-7-,14-13-,21-19-. The van der Waals surface area contributed by atoms with E-state index < -0.39 is 12.1 Å². The normalized spacial score (nSPS) is 12.8. The minimum atomic E-state index is -0.659. The third-order valence-corrected chi connectivity index (χ3v) is 14.9. The lowest BCUT2D eigenvalue weighted by Gasteiger charge is -2.22. The Morgan fingerprint density at radius 2 is 0.722 bits per heavy atom. The van der Waals surface area contributed by atoms with E-state index in [0.29, 0.717) is 25.9 Å². The third-order valence-electron chi connectivity index (χ3n) is 14.9. The number of hydrogen-bond donors (Lipinski definition) is 3. The summed E-state index contributed by atoms with van der Waals surface area (Å²) in [5.74, 6) is -0.0303. The van der Waals surface area contributed by atoms with E-state index >= 15 is 0 Å². The van der Waals surface area contributed by atoms with Gasteiger partial charge in [0.25, 0.3) is 0 Å². The van der Waals surface area contributed by atoms with Crippen LogP contribution in [-0.4, -0.2) is 47.4 Å². The Balaban J connectivity index is 3.32. The zero-order valence-corrected chi connectivity index (χ0v) is 48.4. The summed E-state index contributed by atoms with van der Waals surface area (Å²) in [6, 6.07) is -0.537. The lowest BCUT2D eigenvalue weighted by molar-refractivity contribution is -0.143. The van der Waals surface area contributed by atoms with Crippen molar-refractivity contribution in [2.24, 2.45) is 0 Å². The summed E-state index contributed by atoms with van der Waals surface area (Å²) >= 11 is 0. The molecule has 0 bridgehead atoms. The number of amides is 1. The molecule has 6 nitrogen and oxygen atoms in total. The van der Waals surface area contributed by atoms with Gasteiger partial charge in [0, 0.05) is 12.8 Å². The maximum Gasteiger partial charge on any atom is 0.305 e. The van der Waals surface area contributed by atoms with Crippen molar-refractivity contribution in [3.8, 4) is 0 Å². The van der Waals surface area contributed by atoms with Gasteiger partial charge in [-0.25, -0.2) is 0 Å². The lowest BCUT2D eigenvalue weighted by atomic mass is 10.0. The second-order valence-electron chi connectivity index (χ2n) is 22.1. The fraction of sp³-hybridized carbons (Fsp3) is 0.879. The van der Waals surface area contributed by atoms with Gasteiger partial charge in [-0.2, -0.15) is 0 Å². The van der Waals surface area contributed by atoms with Crippen LogP contribution in [0.15, 0.2) is 36.5 Å². The molecule has 0 aromatic rings. The van der Waals surface area contributed by atoms with Crippen molar-refractivity contribution >= 4 is 11.9 Å². The smallest absolute Gasteiger partial charge is 0.305 e. The molecule has 0 aliphatic heterocycles. The summed E-state index contributed by atoms with van der Waals surface area (Å²) < 4.78 is 5.47. The van der Waals surface area contributed by atoms with Crippen molar-refractivity contribution in [3.63, 3.8) is 0 Å². The Labute approximate surface area is 449 Å². The first kappa shape index (κ1) is 70.1. The topological polar surface area (TPSA) is 95.9 Å². The van der Waals surface area contributed by atoms with Gasteiger partial charge in [0.2, 0.25) is 5.91 Å². The quantitative estimate of drug-likeness (QED) is 0.0320. The average molecular weight is 1010 g/mol. The van der Waals surface area contributed by atoms with Crippen LogP contribution in [0.25, 0.3) is 0 Å². The molecule has 0 aromatic heterocycles. The van der Waals surface area contributed by atoms with Gasteiger partial charge in [-0.1, -0.05) is 294 Å². The van der Waals surface area contributed by atoms with E-state index in [1.807, 2.05) is 0 Å². The first-order valence-corrected chi connectivity index (χ1v) is 32.2. The van der Waals surface area contributed by atoms with Crippen molar-refractivity contribution in [3.05, 3.63) is 36.5 Å². The van der Waals surface area contributed by atoms with Gasteiger partial charge in [0.1, 0.15) is 0 Å². The molecule has 6 heteroatoms. The average Bonchev–Trinajstić information content (AvgIpc) is 3.38. The van der Waals surface area contributed by atoms with Crippen LogP contribution < -0.4 is 5.32 Å². The molecule has 424 valence electrons. The van der Waals surface area contributed by atoms with E-state index in [-0.39, 0.29) is 18.5 Å². The molecule has 0 radical (unpaired) electrons. The van der Waals surface area contributed by atoms with Crippen molar-refractivity contribution in [2.45, 2.75) is 360 Å². The van der Waals surface area contributed by atoms with E-state index in [9.17, 15) is 19.8 Å². The number of unbranched alkanes of at least 4 members (excludes halogenated alkanes) is 43. The summed E-state index contributed by atoms with van der Waals surface area (Å²) in [5.41, 5.74) is 0. The van der Waals surface area contributed by atoms with E-state index in [2.05, 4.69) is 55.6 Å². The van der Waals surface area contributed by atoms with Crippen LogP contribution in [0.3, 0.4) is 0 Å². The number of aliphatic hydroxyl groups excluding tert-OH is 2. The second-order valence-corrected chi connectivity index (χ2v) is 22.1. The molecule has 0 aliphatic carbocycles. The van der Waals surface area contributed by atoms with Gasteiger partial charge < -0.3 is 20.3 Å². The summed E-state index contributed by atoms with van der Waals surface area (Å²) in [6.45, 7) is 4.88. The first-order valence-electron chi connectivity index (χ1n) is 32.2. The Bertz CT molecular complexity index is 1170. The number of rotatable bonds is 60. The maximum absolute atomic E-state index is 12.4. The van der Waals surface area contributed by atoms with Crippen LogP contribution >= 0.6 is 0 Å². The molecular formula is C66H125NO5. The number of aliphatic hydroxyl groups is 2. The van der Waals surface area contributed by atoms with E-state index in [0.717, 1.165) is 51.4 Å². The van der Waals surface area contributed by atoms with Crippen LogP contribution in [0.2, 0.25) is 0 Å². The Kier molecular flexibility index (Phi) is 60.0. The highest BCUT2D eigenvalue weighted by molar-refractivity contribution is 5.76. The molecule has 0 aromatic carbocycles. The Morgan fingerprint density at radius 1 is 0.389 bits per heavy atom. The predicted molar refractivity (Wildman–Crippen MR) is 315 cm³/mol. The van der Waals surface area contributed by atoms with Crippen LogP contribution in [0.1, 0.15) is 348 Å². The lowest BCUT2D eigenvalue weighted by Crippen LogP contribution is -2.45. The molecule has 0 saturated carbocycles. The fourth-order valence-corrected chi connectivity index (χ4v) is 9.97. The van der Waals surface area contributed by atoms with Crippen LogP contribution in [-0.2, 0) is 14.3 Å². The molecule has 3 N–H and O–H groups in total. The van der Waals surface area contributed by atoms with E-state index in [4.69, 9.17) is 4.74 Å². The summed E-state index contributed by atoms with van der Waals surface area (Å²) in [5, 5.41) is 23.1. The Hall–Kier alpha value is -1.92. The van der Waals surface area contributed by atoms with Gasteiger partial charge in [-0.3, -0.25) is 9.59 Å². The van der Waals surface area contributed by atoms with Crippen LogP contribution in [0.4, 0.5) is 0 Å². The number of nitrogens with one attached hydrogen (secondary N) is 1. The molecule has 2 atom stereocenters. The molecule has 2 unspecified atom stereocenters. The number of allylic oxidation sites excluding steroid dienone is 6. The molecule has 72 heavy (non-hydrogen) atoms. The summed E-state index contributed by atoms with van der Waals surface area (Å²) in [6.07, 6.45) is 77.7. The summed E-state index contributed by atoms with van der Waals surface area (Å²) in [7, 11) is 0. The molecule has 0 saturated heterocycles. The van der Waals surface area contributed by atoms with Crippen LogP contribution in [0, 0.1) is 0 Å². The van der Waals surface area contributed by atoms with E-state index in [1.54, 1.807) is 0 Å². The van der Waals surface area contributed by atoms with Crippen molar-refractivity contribution < 1.29 is 24.5 Å². The highest BCUT2D eigenvalue weighted by Crippen LogP contribution is 2.18. The predicted octanol–water partition coefficient (Wildman–Crippen LogP) is 20.4. The molecular weight excluding hydrogens is 887 g/mol. The summed E-state index contributed by atoms with van der Waals surface area (Å²) in [4.78, 5) is 24.4. The number of carbonyl (C=O) groups is 2. The zero-order valence-electron chi connectivity index (χ0n) is 48.4. The highest BCUT2D eigenvalue weighted by Gasteiger charge is 2.20. The van der Waals surface area contributed by atoms with Gasteiger partial charge in [-0.15, -0.1) is 0 Å². The number of ether oxygens (including phenoxy) is 1. The SMILES string of the molecule is CCC/C=C\C/C=C\CCCCCCCC(=O)OCCCCCCCCCCCCCC/C=C\CCCCCCCCCCCCCCCCCCCC(=O)NC(CO)C(O)CCCCCCCCCCC. The molecule has 0 fully saturated rings. The molecule has 0 spiro atoms. The van der Waals surface area contributed by atoms with Crippen molar-refractivity contribution in [1.82, 2.24) is 5.32 Å². The van der Waals surface area contributed by atoms with Gasteiger partial charge in [-0.05, 0) is 77.0 Å². The number of hydrogen-bond acceptors (Lipinski definition) is 5. The van der Waals surface area contributed by atoms with E-state index in [1.165, 1.54) is 263 Å². The van der Waals surface area contributed by atoms with Crippen molar-refractivity contribution in [2.75, 3.05) is 13.2 Å². The largest absolute Gasteiger partial charge is 0.466 e. The fourth-order valence-electron chi connectivity index (χ4n) is 9.97. The monoisotopic (exact) mass is 1010 g/mol. The number of esters is 1. The third kappa shape index (κ3) is 57.4. The highest BCUT2D eigenvalue weighted by atomic mass is 16.5. The number of carbonyl (C=O) groups excluding carboxylic acids is 2. The molecule has 1 amide bonds. The zero-order chi connectivity index (χ0) is 52.2. The maximum atomic E-state index is 12.4. The second kappa shape index (κ2) is 61.6. The van der Waals surface area contributed by atoms with Crippen molar-refractivity contribution in [1.29, 1.82) is 0 Å². The van der Waals surface area contributed by atoms with Crippen LogP contribution in [0.5, 0.6) is 0 Å². The Morgan fingerprint density at radius 3 is 1.12 bits per heavy atom. The molecule has 0 heterocycles. The minimum Gasteiger partial charge on any atom is -0.466 e. The first-order chi connectivity index (χ1) is 35.5.